The van der Waals surface area contributed by atoms with E-state index in [2.05, 4.69) is 11.8 Å². The highest BCUT2D eigenvalue weighted by Gasteiger charge is 1.92. The molecule has 0 fully saturated rings. The molecule has 1 rings (SSSR count). The summed E-state index contributed by atoms with van der Waals surface area (Å²) >= 11 is 0. The third kappa shape index (κ3) is 4.19. The maximum atomic E-state index is 10.5. The van der Waals surface area contributed by atoms with E-state index in [1.54, 1.807) is 0 Å². The molecule has 0 saturated heterocycles. The summed E-state index contributed by atoms with van der Waals surface area (Å²) in [6, 6.07) is 7.41. The van der Waals surface area contributed by atoms with Crippen molar-refractivity contribution in [1.82, 2.24) is 0 Å². The highest BCUT2D eigenvalue weighted by molar-refractivity contribution is 5.76. The van der Waals surface area contributed by atoms with E-state index in [-0.39, 0.29) is 6.42 Å². The lowest BCUT2D eigenvalue weighted by atomic mass is 10.2. The van der Waals surface area contributed by atoms with Gasteiger partial charge in [0.2, 0.25) is 5.91 Å². The molecule has 0 aliphatic carbocycles. The molecule has 0 bridgehead atoms. The van der Waals surface area contributed by atoms with E-state index in [1.165, 1.54) is 0 Å². The molecule has 0 heterocycles. The van der Waals surface area contributed by atoms with E-state index in [1.807, 2.05) is 31.2 Å². The lowest BCUT2D eigenvalue weighted by molar-refractivity contribution is -0.117. The summed E-state index contributed by atoms with van der Waals surface area (Å²) in [6.07, 6.45) is 0.0822. The van der Waals surface area contributed by atoms with E-state index in [0.717, 1.165) is 11.3 Å². The summed E-state index contributed by atoms with van der Waals surface area (Å²) in [6.45, 7) is 2.55. The largest absolute Gasteiger partial charge is 0.494 e. The van der Waals surface area contributed by atoms with Crippen molar-refractivity contribution in [3.05, 3.63) is 29.8 Å². The topological polar surface area (TPSA) is 52.3 Å². The van der Waals surface area contributed by atoms with Crippen LogP contribution in [0.1, 0.15) is 18.9 Å². The molecule has 15 heavy (non-hydrogen) atoms. The number of amides is 1. The molecule has 0 aromatic heterocycles. The van der Waals surface area contributed by atoms with Gasteiger partial charge < -0.3 is 10.5 Å². The van der Waals surface area contributed by atoms with Crippen molar-refractivity contribution in [2.75, 3.05) is 6.61 Å². The van der Waals surface area contributed by atoms with E-state index in [9.17, 15) is 4.79 Å². The predicted molar refractivity (Wildman–Crippen MR) is 58.3 cm³/mol. The van der Waals surface area contributed by atoms with Gasteiger partial charge in [0.05, 0.1) is 13.0 Å². The molecule has 0 aliphatic rings. The van der Waals surface area contributed by atoms with Crippen molar-refractivity contribution in [1.29, 1.82) is 0 Å². The Kier molecular flexibility index (Phi) is 4.24. The fourth-order valence-corrected chi connectivity index (χ4v) is 1.06. The quantitative estimate of drug-likeness (QED) is 0.753. The summed E-state index contributed by atoms with van der Waals surface area (Å²) in [5.41, 5.74) is 5.79. The van der Waals surface area contributed by atoms with Crippen LogP contribution in [0.15, 0.2) is 24.3 Å². The second kappa shape index (κ2) is 5.71. The summed E-state index contributed by atoms with van der Waals surface area (Å²) < 4.78 is 5.31. The van der Waals surface area contributed by atoms with Gasteiger partial charge in [0, 0.05) is 5.56 Å². The van der Waals surface area contributed by atoms with E-state index >= 15 is 0 Å². The first-order chi connectivity index (χ1) is 7.22. The first kappa shape index (κ1) is 11.1. The molecule has 1 aromatic rings. The van der Waals surface area contributed by atoms with Gasteiger partial charge in [0.15, 0.2) is 0 Å². The Labute approximate surface area is 89.2 Å². The van der Waals surface area contributed by atoms with Crippen LogP contribution in [0.4, 0.5) is 0 Å². The van der Waals surface area contributed by atoms with Crippen LogP contribution in [0, 0.1) is 11.8 Å². The standard InChI is InChI=1S/C12H13NO2/c1-2-15-11-7-3-5-10(9-11)6-4-8-12(13)14/h3,5,7,9H,2,8H2,1H3,(H2,13,14). The first-order valence-electron chi connectivity index (χ1n) is 4.72. The molecule has 3 heteroatoms. The number of rotatable bonds is 3. The van der Waals surface area contributed by atoms with Crippen LogP contribution >= 0.6 is 0 Å². The lowest BCUT2D eigenvalue weighted by Crippen LogP contribution is -2.08. The van der Waals surface area contributed by atoms with Gasteiger partial charge in [-0.3, -0.25) is 4.79 Å². The normalized spacial score (nSPS) is 8.87. The molecule has 0 radical (unpaired) electrons. The number of primary amides is 1. The van der Waals surface area contributed by atoms with Crippen LogP contribution in [0.5, 0.6) is 5.75 Å². The minimum atomic E-state index is -0.413. The van der Waals surface area contributed by atoms with Gasteiger partial charge >= 0.3 is 0 Å². The molecule has 0 atom stereocenters. The number of benzene rings is 1. The molecule has 0 spiro atoms. The van der Waals surface area contributed by atoms with Crippen molar-refractivity contribution in [3.8, 4) is 17.6 Å². The number of carbonyl (C=O) groups is 1. The SMILES string of the molecule is CCOc1cccc(C#CCC(N)=O)c1. The number of hydrogen-bond donors (Lipinski definition) is 1. The first-order valence-corrected chi connectivity index (χ1v) is 4.72. The second-order valence-electron chi connectivity index (χ2n) is 2.91. The Morgan fingerprint density at radius 2 is 2.33 bits per heavy atom. The lowest BCUT2D eigenvalue weighted by Gasteiger charge is -2.01. The summed E-state index contributed by atoms with van der Waals surface area (Å²) in [7, 11) is 0. The fourth-order valence-electron chi connectivity index (χ4n) is 1.06. The highest BCUT2D eigenvalue weighted by atomic mass is 16.5. The summed E-state index contributed by atoms with van der Waals surface area (Å²) in [5, 5.41) is 0. The van der Waals surface area contributed by atoms with Gasteiger partial charge in [-0.1, -0.05) is 17.9 Å². The summed E-state index contributed by atoms with van der Waals surface area (Å²) in [4.78, 5) is 10.5. The van der Waals surface area contributed by atoms with Crippen LogP contribution in [0.2, 0.25) is 0 Å². The van der Waals surface area contributed by atoms with Crippen molar-refractivity contribution in [3.63, 3.8) is 0 Å². The molecule has 0 saturated carbocycles. The van der Waals surface area contributed by atoms with Crippen LogP contribution in [-0.4, -0.2) is 12.5 Å². The molecule has 0 unspecified atom stereocenters. The number of nitrogens with two attached hydrogens (primary N) is 1. The minimum absolute atomic E-state index is 0.0822. The molecular weight excluding hydrogens is 190 g/mol. The number of carbonyl (C=O) groups excluding carboxylic acids is 1. The average molecular weight is 203 g/mol. The van der Waals surface area contributed by atoms with Gasteiger partial charge in [-0.05, 0) is 25.1 Å². The zero-order valence-corrected chi connectivity index (χ0v) is 8.62. The number of ether oxygens (including phenoxy) is 1. The van der Waals surface area contributed by atoms with Gasteiger partial charge in [-0.15, -0.1) is 0 Å². The van der Waals surface area contributed by atoms with Crippen molar-refractivity contribution < 1.29 is 9.53 Å². The Morgan fingerprint density at radius 3 is 3.00 bits per heavy atom. The van der Waals surface area contributed by atoms with Gasteiger partial charge in [-0.25, -0.2) is 0 Å². The van der Waals surface area contributed by atoms with Crippen molar-refractivity contribution >= 4 is 5.91 Å². The zero-order valence-electron chi connectivity index (χ0n) is 8.62. The maximum absolute atomic E-state index is 10.5. The zero-order chi connectivity index (χ0) is 11.1. The maximum Gasteiger partial charge on any atom is 0.229 e. The van der Waals surface area contributed by atoms with Crippen LogP contribution in [0.3, 0.4) is 0 Å². The Morgan fingerprint density at radius 1 is 1.53 bits per heavy atom. The monoisotopic (exact) mass is 203 g/mol. The van der Waals surface area contributed by atoms with E-state index < -0.39 is 5.91 Å². The average Bonchev–Trinajstić information content (AvgIpc) is 2.18. The molecule has 2 N–H and O–H groups in total. The Bertz CT molecular complexity index is 402. The third-order valence-corrected chi connectivity index (χ3v) is 1.64. The fraction of sp³-hybridized carbons (Fsp3) is 0.250. The summed E-state index contributed by atoms with van der Waals surface area (Å²) in [5.74, 6) is 5.90. The van der Waals surface area contributed by atoms with Crippen molar-refractivity contribution in [2.24, 2.45) is 5.73 Å². The second-order valence-corrected chi connectivity index (χ2v) is 2.91. The van der Waals surface area contributed by atoms with Crippen molar-refractivity contribution in [2.45, 2.75) is 13.3 Å². The van der Waals surface area contributed by atoms with Crippen LogP contribution in [0.25, 0.3) is 0 Å². The van der Waals surface area contributed by atoms with Crippen LogP contribution in [-0.2, 0) is 4.79 Å². The van der Waals surface area contributed by atoms with E-state index in [4.69, 9.17) is 10.5 Å². The highest BCUT2D eigenvalue weighted by Crippen LogP contribution is 2.12. The van der Waals surface area contributed by atoms with Gasteiger partial charge in [0.25, 0.3) is 0 Å². The Balaban J connectivity index is 2.71. The third-order valence-electron chi connectivity index (χ3n) is 1.64. The molecular formula is C12H13NO2. The molecule has 78 valence electrons. The molecule has 0 aliphatic heterocycles. The van der Waals surface area contributed by atoms with Gasteiger partial charge in [0.1, 0.15) is 5.75 Å². The Hall–Kier alpha value is -1.95. The molecule has 1 aromatic carbocycles. The van der Waals surface area contributed by atoms with Crippen LogP contribution < -0.4 is 10.5 Å². The van der Waals surface area contributed by atoms with E-state index in [0.29, 0.717) is 6.61 Å². The minimum Gasteiger partial charge on any atom is -0.494 e. The smallest absolute Gasteiger partial charge is 0.229 e. The predicted octanol–water partition coefficient (Wildman–Crippen LogP) is 1.31. The number of hydrogen-bond acceptors (Lipinski definition) is 2. The van der Waals surface area contributed by atoms with Gasteiger partial charge in [-0.2, -0.15) is 0 Å². The molecule has 3 nitrogen and oxygen atoms in total. The molecule has 1 amide bonds.